The molecule has 0 aromatic heterocycles. The number of Topliss-reactive ketones (excluding diaryl/α,β-unsaturated/α-hetero) is 1. The first-order valence-electron chi connectivity index (χ1n) is 9.85. The van der Waals surface area contributed by atoms with Gasteiger partial charge < -0.3 is 4.74 Å². The molecule has 0 aliphatic carbocycles. The number of methoxy groups -OCH3 is 1. The van der Waals surface area contributed by atoms with Crippen molar-refractivity contribution in [2.75, 3.05) is 7.11 Å². The zero-order valence-electron chi connectivity index (χ0n) is 15.9. The molecule has 0 saturated heterocycles. The Morgan fingerprint density at radius 3 is 2.08 bits per heavy atom. The van der Waals surface area contributed by atoms with Gasteiger partial charge >= 0.3 is 0 Å². The fourth-order valence-corrected chi connectivity index (χ4v) is 3.26. The van der Waals surface area contributed by atoms with E-state index in [0.717, 1.165) is 28.5 Å². The highest BCUT2D eigenvalue weighted by Crippen LogP contribution is 2.23. The molecule has 0 amide bonds. The number of unbranched alkanes of at least 4 members (excludes halogenated alkanes) is 8. The lowest BCUT2D eigenvalue weighted by Crippen LogP contribution is -1.99. The van der Waals surface area contributed by atoms with Gasteiger partial charge in [0, 0.05) is 12.0 Å². The number of ether oxygens (including phenoxy) is 1. The highest BCUT2D eigenvalue weighted by molar-refractivity contribution is 6.00. The van der Waals surface area contributed by atoms with Crippen LogP contribution in [0.5, 0.6) is 5.75 Å². The Balaban J connectivity index is 1.71. The summed E-state index contributed by atoms with van der Waals surface area (Å²) in [5.41, 5.74) is 0.831. The number of carbonyl (C=O) groups is 1. The van der Waals surface area contributed by atoms with Crippen molar-refractivity contribution in [1.29, 1.82) is 0 Å². The summed E-state index contributed by atoms with van der Waals surface area (Å²) in [6.45, 7) is 2.25. The molecule has 0 heterocycles. The van der Waals surface area contributed by atoms with E-state index in [1.807, 2.05) is 36.4 Å². The fraction of sp³-hybridized carbons (Fsp3) is 0.522. The van der Waals surface area contributed by atoms with Crippen LogP contribution in [0.2, 0.25) is 0 Å². The lowest BCUT2D eigenvalue weighted by Gasteiger charge is -2.06. The average Bonchev–Trinajstić information content (AvgIpc) is 2.65. The summed E-state index contributed by atoms with van der Waals surface area (Å²) < 4.78 is 5.25. The number of carbonyl (C=O) groups excluding carboxylic acids is 1. The molecule has 0 aliphatic rings. The van der Waals surface area contributed by atoms with Gasteiger partial charge in [-0.2, -0.15) is 0 Å². The molecule has 0 saturated carbocycles. The zero-order valence-corrected chi connectivity index (χ0v) is 15.9. The molecular formula is C23H32O2. The first kappa shape index (κ1) is 19.5. The minimum absolute atomic E-state index is 0.265. The largest absolute Gasteiger partial charge is 0.497 e. The standard InChI is InChI=1S/C23H32O2/c1-3-4-5-6-7-8-9-10-11-12-23(24)21-14-13-20-18-22(25-2)16-15-19(20)17-21/h13-18H,3-12H2,1-2H3. The van der Waals surface area contributed by atoms with Crippen LogP contribution in [0.1, 0.15) is 81.5 Å². The van der Waals surface area contributed by atoms with E-state index in [1.54, 1.807) is 7.11 Å². The van der Waals surface area contributed by atoms with Crippen LogP contribution in [0.25, 0.3) is 10.8 Å². The van der Waals surface area contributed by atoms with E-state index in [9.17, 15) is 4.79 Å². The highest BCUT2D eigenvalue weighted by atomic mass is 16.5. The normalized spacial score (nSPS) is 11.0. The third-order valence-electron chi connectivity index (χ3n) is 4.88. The van der Waals surface area contributed by atoms with Gasteiger partial charge in [-0.1, -0.05) is 76.5 Å². The summed E-state index contributed by atoms with van der Waals surface area (Å²) in [5, 5.41) is 2.21. The average molecular weight is 341 g/mol. The van der Waals surface area contributed by atoms with Crippen molar-refractivity contribution in [3.63, 3.8) is 0 Å². The summed E-state index contributed by atoms with van der Waals surface area (Å²) in [5.74, 6) is 1.11. The molecule has 25 heavy (non-hydrogen) atoms. The van der Waals surface area contributed by atoms with Crippen LogP contribution in [-0.2, 0) is 0 Å². The van der Waals surface area contributed by atoms with Crippen LogP contribution >= 0.6 is 0 Å². The molecular weight excluding hydrogens is 308 g/mol. The Kier molecular flexibility index (Phi) is 8.51. The molecule has 2 nitrogen and oxygen atoms in total. The molecule has 0 N–H and O–H groups in total. The lowest BCUT2D eigenvalue weighted by atomic mass is 10.00. The minimum Gasteiger partial charge on any atom is -0.497 e. The van der Waals surface area contributed by atoms with Crippen LogP contribution in [-0.4, -0.2) is 12.9 Å². The number of hydrogen-bond acceptors (Lipinski definition) is 2. The topological polar surface area (TPSA) is 26.3 Å². The smallest absolute Gasteiger partial charge is 0.162 e. The molecule has 0 spiro atoms. The molecule has 136 valence electrons. The van der Waals surface area contributed by atoms with E-state index >= 15 is 0 Å². The summed E-state index contributed by atoms with van der Waals surface area (Å²) >= 11 is 0. The van der Waals surface area contributed by atoms with Gasteiger partial charge in [-0.3, -0.25) is 4.79 Å². The molecule has 0 bridgehead atoms. The maximum Gasteiger partial charge on any atom is 0.162 e. The lowest BCUT2D eigenvalue weighted by molar-refractivity contribution is 0.0979. The molecule has 2 rings (SSSR count). The second kappa shape index (κ2) is 10.9. The molecule has 2 heteroatoms. The summed E-state index contributed by atoms with van der Waals surface area (Å²) in [6, 6.07) is 11.9. The van der Waals surface area contributed by atoms with Gasteiger partial charge in [0.15, 0.2) is 5.78 Å². The van der Waals surface area contributed by atoms with Crippen LogP contribution in [0.3, 0.4) is 0 Å². The summed E-state index contributed by atoms with van der Waals surface area (Å²) in [6.07, 6.45) is 12.2. The zero-order chi connectivity index (χ0) is 17.9. The molecule has 0 aliphatic heterocycles. The Hall–Kier alpha value is -1.83. The molecule has 2 aromatic rings. The summed E-state index contributed by atoms with van der Waals surface area (Å²) in [4.78, 5) is 12.4. The van der Waals surface area contributed by atoms with Gasteiger partial charge in [0.05, 0.1) is 7.11 Å². The number of ketones is 1. The monoisotopic (exact) mass is 340 g/mol. The van der Waals surface area contributed by atoms with Crippen molar-refractivity contribution < 1.29 is 9.53 Å². The van der Waals surface area contributed by atoms with Gasteiger partial charge in [0.2, 0.25) is 0 Å². The molecule has 0 fully saturated rings. The van der Waals surface area contributed by atoms with E-state index in [0.29, 0.717) is 6.42 Å². The minimum atomic E-state index is 0.265. The van der Waals surface area contributed by atoms with Gasteiger partial charge in [0.25, 0.3) is 0 Å². The number of benzene rings is 2. The maximum atomic E-state index is 12.4. The fourth-order valence-electron chi connectivity index (χ4n) is 3.26. The second-order valence-electron chi connectivity index (χ2n) is 6.93. The number of hydrogen-bond donors (Lipinski definition) is 0. The van der Waals surface area contributed by atoms with Gasteiger partial charge in [-0.05, 0) is 35.4 Å². The van der Waals surface area contributed by atoms with Crippen LogP contribution in [0.4, 0.5) is 0 Å². The third kappa shape index (κ3) is 6.53. The quantitative estimate of drug-likeness (QED) is 0.308. The van der Waals surface area contributed by atoms with Crippen molar-refractivity contribution in [2.24, 2.45) is 0 Å². The van der Waals surface area contributed by atoms with E-state index in [1.165, 1.54) is 51.4 Å². The van der Waals surface area contributed by atoms with E-state index in [4.69, 9.17) is 4.74 Å². The Labute approximate surface area is 152 Å². The van der Waals surface area contributed by atoms with Crippen molar-refractivity contribution in [2.45, 2.75) is 71.1 Å². The van der Waals surface area contributed by atoms with Crippen molar-refractivity contribution in [1.82, 2.24) is 0 Å². The van der Waals surface area contributed by atoms with E-state index in [-0.39, 0.29) is 5.78 Å². The Morgan fingerprint density at radius 2 is 1.40 bits per heavy atom. The number of fused-ring (bicyclic) bond motifs is 1. The van der Waals surface area contributed by atoms with Crippen molar-refractivity contribution >= 4 is 16.6 Å². The van der Waals surface area contributed by atoms with Gasteiger partial charge in [-0.25, -0.2) is 0 Å². The van der Waals surface area contributed by atoms with Gasteiger partial charge in [0.1, 0.15) is 5.75 Å². The second-order valence-corrected chi connectivity index (χ2v) is 6.93. The van der Waals surface area contributed by atoms with Crippen molar-refractivity contribution in [3.8, 4) is 5.75 Å². The predicted molar refractivity (Wildman–Crippen MR) is 107 cm³/mol. The van der Waals surface area contributed by atoms with Crippen LogP contribution in [0, 0.1) is 0 Å². The Bertz CT molecular complexity index is 660. The third-order valence-corrected chi connectivity index (χ3v) is 4.88. The first-order chi connectivity index (χ1) is 12.2. The van der Waals surface area contributed by atoms with E-state index in [2.05, 4.69) is 6.92 Å². The first-order valence-corrected chi connectivity index (χ1v) is 9.85. The van der Waals surface area contributed by atoms with Gasteiger partial charge in [-0.15, -0.1) is 0 Å². The van der Waals surface area contributed by atoms with Crippen molar-refractivity contribution in [3.05, 3.63) is 42.0 Å². The van der Waals surface area contributed by atoms with Crippen LogP contribution in [0.15, 0.2) is 36.4 Å². The molecule has 2 aromatic carbocycles. The van der Waals surface area contributed by atoms with Crippen LogP contribution < -0.4 is 4.74 Å². The molecule has 0 unspecified atom stereocenters. The maximum absolute atomic E-state index is 12.4. The predicted octanol–water partition coefficient (Wildman–Crippen LogP) is 6.95. The summed E-state index contributed by atoms with van der Waals surface area (Å²) in [7, 11) is 1.67. The number of rotatable bonds is 12. The highest BCUT2D eigenvalue weighted by Gasteiger charge is 2.07. The molecule has 0 atom stereocenters. The van der Waals surface area contributed by atoms with E-state index < -0.39 is 0 Å². The Morgan fingerprint density at radius 1 is 0.800 bits per heavy atom. The molecule has 0 radical (unpaired) electrons. The SMILES string of the molecule is CCCCCCCCCCCC(=O)c1ccc2cc(OC)ccc2c1.